The molecule has 0 amide bonds. The molecule has 0 aliphatic heterocycles. The monoisotopic (exact) mass is 427 g/mol. The van der Waals surface area contributed by atoms with Crippen LogP contribution in [0, 0.1) is 60.2 Å². The third-order valence-corrected chi connectivity index (χ3v) is 0. The second-order valence-electron chi connectivity index (χ2n) is 0.671. The Labute approximate surface area is 76.5 Å². The minimum absolute atomic E-state index is 0. The summed E-state index contributed by atoms with van der Waals surface area (Å²) >= 11 is 0. The maximum atomic E-state index is 8.25. The molecule has 0 unspecified atom stereocenters. The predicted molar refractivity (Wildman–Crippen MR) is 31.1 cm³/mol. The topological polar surface area (TPSA) is 199 Å². The van der Waals surface area contributed by atoms with Crippen molar-refractivity contribution in [3.63, 3.8) is 0 Å². The molecule has 0 aromatic carbocycles. The van der Waals surface area contributed by atoms with Crippen molar-refractivity contribution in [1.29, 1.82) is 0 Å². The summed E-state index contributed by atoms with van der Waals surface area (Å²) in [5.74, 6) is 0. The van der Waals surface area contributed by atoms with Crippen molar-refractivity contribution in [3.05, 3.63) is 46.0 Å². The van der Waals surface area contributed by atoms with E-state index >= 15 is 0 Å². The van der Waals surface area contributed by atoms with Gasteiger partial charge in [-0.25, -0.2) is 0 Å². The Bertz CT molecular complexity index is 112. The van der Waals surface area contributed by atoms with Crippen LogP contribution < -0.4 is 0 Å². The van der Waals surface area contributed by atoms with Crippen molar-refractivity contribution in [2.24, 2.45) is 0 Å². The molecule has 1 radical (unpaired) electrons. The number of nitrogens with zero attached hydrogens (tertiary/aromatic N) is 3. The van der Waals surface area contributed by atoms with Crippen molar-refractivity contribution in [1.82, 2.24) is 0 Å². The van der Waals surface area contributed by atoms with E-state index in [1.165, 1.54) is 0 Å². The number of hydrogen-bond donors (Lipinski definition) is 0. The zero-order chi connectivity index (χ0) is 10.7. The van der Waals surface area contributed by atoms with Crippen molar-refractivity contribution in [2.45, 2.75) is 0 Å². The molecule has 79 valence electrons. The van der Waals surface area contributed by atoms with Crippen molar-refractivity contribution in [2.75, 3.05) is 0 Å². The van der Waals surface area contributed by atoms with Gasteiger partial charge in [0.1, 0.15) is 0 Å². The molecule has 0 saturated carbocycles. The molecule has 13 heavy (non-hydrogen) atoms. The van der Waals surface area contributed by atoms with Gasteiger partial charge in [-0.2, -0.15) is 0 Å². The van der Waals surface area contributed by atoms with Gasteiger partial charge in [-0.1, -0.05) is 0 Å². The molecule has 12 nitrogen and oxygen atoms in total. The Morgan fingerprint density at radius 2 is 0.538 bits per heavy atom. The van der Waals surface area contributed by atoms with Gasteiger partial charge in [-0.15, -0.1) is 0 Å². The van der Waals surface area contributed by atoms with Crippen LogP contribution in [0.1, 0.15) is 0 Å². The van der Waals surface area contributed by atoms with E-state index in [-0.39, 0.29) is 14.3 Å². The largest absolute Gasteiger partial charge is 0.356 e. The van der Waals surface area contributed by atoms with Crippen molar-refractivity contribution >= 4 is 0 Å². The van der Waals surface area contributed by atoms with Gasteiger partial charge in [-0.3, -0.25) is 0 Å². The SMILES string of the molecule is O=[N+]([O-])[O-].O=[N+]([O-])[O-].O=[N+]([O-])[O-].[241Am]. The first kappa shape index (κ1) is 22.4. The summed E-state index contributed by atoms with van der Waals surface area (Å²) < 4.78 is 0. The first-order valence-electron chi connectivity index (χ1n) is 1.64. The molecular weight excluding hydrogens is 427 g/mol. The fourth-order valence-corrected chi connectivity index (χ4v) is 0. The van der Waals surface area contributed by atoms with Crippen LogP contribution in [0.5, 0.6) is 0 Å². The molecule has 0 spiro atoms. The quantitative estimate of drug-likeness (QED) is 0.354. The average Bonchev–Trinajstić information content (AvgIpc) is 1.54. The maximum Gasteiger partial charge on any atom is 0.0689 e. The van der Waals surface area contributed by atoms with Gasteiger partial charge < -0.3 is 46.0 Å². The van der Waals surface area contributed by atoms with Crippen LogP contribution in [0.25, 0.3) is 0 Å². The Balaban J connectivity index is -0.0000000450. The second-order valence-corrected chi connectivity index (χ2v) is 0.671. The summed E-state index contributed by atoms with van der Waals surface area (Å²) in [5, 5.41) is 44.2. The van der Waals surface area contributed by atoms with Gasteiger partial charge in [-0.05, 0) is 0 Å². The van der Waals surface area contributed by atoms with Crippen molar-refractivity contribution < 1.29 is 29.5 Å². The van der Waals surface area contributed by atoms with Crippen LogP contribution in [0.4, 0.5) is 0 Å². The van der Waals surface area contributed by atoms with Gasteiger partial charge in [0.15, 0.2) is 0 Å². The van der Waals surface area contributed by atoms with E-state index in [4.69, 9.17) is 46.0 Å². The van der Waals surface area contributed by atoms with E-state index in [1.54, 1.807) is 0 Å². The van der Waals surface area contributed by atoms with Gasteiger partial charge in [0.05, 0.1) is 15.3 Å². The van der Waals surface area contributed by atoms with E-state index < -0.39 is 15.3 Å². The predicted octanol–water partition coefficient (Wildman–Crippen LogP) is -0.717. The first-order chi connectivity index (χ1) is 5.20. The van der Waals surface area contributed by atoms with Crippen LogP contribution in [0.3, 0.4) is 0 Å². The number of hydrogen-bond acceptors (Lipinski definition) is 9. The molecule has 0 aromatic heterocycles. The molecule has 0 heterocycles. The summed E-state index contributed by atoms with van der Waals surface area (Å²) in [4.78, 5) is 24.8. The summed E-state index contributed by atoms with van der Waals surface area (Å²) in [6.45, 7) is 0. The average molecular weight is 427 g/mol. The Morgan fingerprint density at radius 3 is 0.538 bits per heavy atom. The first-order valence-corrected chi connectivity index (χ1v) is 1.64. The zero-order valence-corrected chi connectivity index (χ0v) is 8.54. The van der Waals surface area contributed by atoms with Crippen LogP contribution in [0.15, 0.2) is 0 Å². The molecular formula is AmN3O9-3. The minimum atomic E-state index is -1.75. The molecule has 0 bridgehead atoms. The molecule has 0 aliphatic rings. The molecule has 0 aliphatic carbocycles. The molecule has 0 N–H and O–H groups in total. The Kier molecular flexibility index (Phi) is 28.5. The molecule has 0 fully saturated rings. The maximum absolute atomic E-state index is 8.25. The van der Waals surface area contributed by atoms with E-state index in [2.05, 4.69) is 0 Å². The van der Waals surface area contributed by atoms with E-state index in [0.29, 0.717) is 0 Å². The number of rotatable bonds is 0. The third-order valence-electron chi connectivity index (χ3n) is 0. The van der Waals surface area contributed by atoms with Gasteiger partial charge in [0.2, 0.25) is 0 Å². The van der Waals surface area contributed by atoms with Crippen LogP contribution in [-0.4, -0.2) is 15.3 Å². The van der Waals surface area contributed by atoms with E-state index in [1.807, 2.05) is 0 Å². The second kappa shape index (κ2) is 16.5. The van der Waals surface area contributed by atoms with E-state index in [0.717, 1.165) is 0 Å². The van der Waals surface area contributed by atoms with Crippen LogP contribution in [-0.2, 0) is 0 Å². The fraction of sp³-hybridized carbons (Fsp3) is 0. The van der Waals surface area contributed by atoms with Gasteiger partial charge in [0, 0.05) is 14.3 Å². The normalized spacial score (nSPS) is 5.54. The molecule has 0 atom stereocenters. The smallest absolute Gasteiger partial charge is 0.0689 e. The summed E-state index contributed by atoms with van der Waals surface area (Å²) in [6.07, 6.45) is 0. The molecule has 0 rings (SSSR count). The Morgan fingerprint density at radius 1 is 0.538 bits per heavy atom. The summed E-state index contributed by atoms with van der Waals surface area (Å²) in [5.41, 5.74) is 0. The summed E-state index contributed by atoms with van der Waals surface area (Å²) in [6, 6.07) is 0. The minimum Gasteiger partial charge on any atom is -0.356 e. The summed E-state index contributed by atoms with van der Waals surface area (Å²) in [7, 11) is 0. The zero-order valence-electron chi connectivity index (χ0n) is 5.39. The van der Waals surface area contributed by atoms with E-state index in [9.17, 15) is 0 Å². The van der Waals surface area contributed by atoms with Crippen LogP contribution >= 0.6 is 0 Å². The van der Waals surface area contributed by atoms with Gasteiger partial charge in [0.25, 0.3) is 0 Å². The standard InChI is InChI=1S/Am.3NO3/c;3*2-1(3)4/q;3*-1/i1-2;;;. The van der Waals surface area contributed by atoms with Crippen molar-refractivity contribution in [3.8, 4) is 0 Å². The van der Waals surface area contributed by atoms with Crippen LogP contribution in [0.2, 0.25) is 0 Å². The third kappa shape index (κ3) is 158. The molecule has 0 aromatic rings. The van der Waals surface area contributed by atoms with Gasteiger partial charge >= 0.3 is 0 Å². The Hall–Kier alpha value is -2.01. The fourth-order valence-electron chi connectivity index (χ4n) is 0. The molecule has 13 heteroatoms. The molecule has 0 saturated heterocycles.